The number of amides is 2. The maximum atomic E-state index is 11.0. The first-order valence-electron chi connectivity index (χ1n) is 5.06. The molecule has 1 unspecified atom stereocenters. The van der Waals surface area contributed by atoms with Crippen molar-refractivity contribution < 1.29 is 9.59 Å². The molecule has 16 heavy (non-hydrogen) atoms. The Labute approximate surface area is 94.9 Å². The van der Waals surface area contributed by atoms with Crippen LogP contribution in [0.5, 0.6) is 0 Å². The van der Waals surface area contributed by atoms with Crippen molar-refractivity contribution in [3.63, 3.8) is 0 Å². The summed E-state index contributed by atoms with van der Waals surface area (Å²) in [4.78, 5) is 21.8. The standard InChI is InChI=1S/C12H16N2O2/c1-9(15)14-8-12(2)6-3-4-10(5-7-12)11(13)16/h3-7H,8H2,1-2H3,(H2,13,16)(H,14,15). The molecule has 0 aromatic heterocycles. The lowest BCUT2D eigenvalue weighted by Crippen LogP contribution is -2.31. The minimum atomic E-state index is -0.454. The van der Waals surface area contributed by atoms with Crippen molar-refractivity contribution in [1.82, 2.24) is 5.32 Å². The summed E-state index contributed by atoms with van der Waals surface area (Å²) in [5.41, 5.74) is 5.35. The van der Waals surface area contributed by atoms with Gasteiger partial charge in [-0.1, -0.05) is 31.2 Å². The van der Waals surface area contributed by atoms with E-state index in [4.69, 9.17) is 5.73 Å². The van der Waals surface area contributed by atoms with Crippen LogP contribution in [0.4, 0.5) is 0 Å². The molecular weight excluding hydrogens is 204 g/mol. The highest BCUT2D eigenvalue weighted by atomic mass is 16.1. The third kappa shape index (κ3) is 3.38. The molecule has 86 valence electrons. The molecule has 4 nitrogen and oxygen atoms in total. The SMILES string of the molecule is CC(=O)NCC1(C)C=CC=C(C(N)=O)C=C1. The molecule has 0 heterocycles. The number of primary amides is 1. The molecule has 0 bridgehead atoms. The van der Waals surface area contributed by atoms with E-state index in [1.165, 1.54) is 6.92 Å². The van der Waals surface area contributed by atoms with Gasteiger partial charge in [-0.25, -0.2) is 0 Å². The van der Waals surface area contributed by atoms with Crippen molar-refractivity contribution in [2.45, 2.75) is 13.8 Å². The summed E-state index contributed by atoms with van der Waals surface area (Å²) in [6.07, 6.45) is 8.92. The summed E-state index contributed by atoms with van der Waals surface area (Å²) >= 11 is 0. The molecule has 1 aliphatic rings. The van der Waals surface area contributed by atoms with Crippen molar-refractivity contribution in [2.75, 3.05) is 6.54 Å². The quantitative estimate of drug-likeness (QED) is 0.733. The fourth-order valence-corrected chi connectivity index (χ4v) is 1.36. The molecule has 1 rings (SSSR count). The molecular formula is C12H16N2O2. The van der Waals surface area contributed by atoms with E-state index in [2.05, 4.69) is 5.32 Å². The summed E-state index contributed by atoms with van der Waals surface area (Å²) < 4.78 is 0. The van der Waals surface area contributed by atoms with Crippen LogP contribution in [0, 0.1) is 5.41 Å². The van der Waals surface area contributed by atoms with E-state index in [1.54, 1.807) is 18.2 Å². The molecule has 0 saturated heterocycles. The Morgan fingerprint density at radius 1 is 1.44 bits per heavy atom. The second kappa shape index (κ2) is 4.79. The van der Waals surface area contributed by atoms with Crippen LogP contribution in [-0.4, -0.2) is 18.4 Å². The average Bonchev–Trinajstić information content (AvgIpc) is 2.38. The Bertz CT molecular complexity index is 394. The molecule has 0 radical (unpaired) electrons. The summed E-state index contributed by atoms with van der Waals surface area (Å²) in [7, 11) is 0. The molecule has 2 amide bonds. The fourth-order valence-electron chi connectivity index (χ4n) is 1.36. The number of hydrogen-bond donors (Lipinski definition) is 2. The molecule has 0 aromatic carbocycles. The Morgan fingerprint density at radius 2 is 2.12 bits per heavy atom. The van der Waals surface area contributed by atoms with Crippen LogP contribution in [0.1, 0.15) is 13.8 Å². The number of allylic oxidation sites excluding steroid dienone is 2. The van der Waals surface area contributed by atoms with E-state index in [0.717, 1.165) is 0 Å². The van der Waals surface area contributed by atoms with Crippen LogP contribution in [0.25, 0.3) is 0 Å². The zero-order valence-corrected chi connectivity index (χ0v) is 9.49. The fraction of sp³-hybridized carbons (Fsp3) is 0.333. The van der Waals surface area contributed by atoms with Gasteiger partial charge < -0.3 is 11.1 Å². The van der Waals surface area contributed by atoms with Crippen LogP contribution >= 0.6 is 0 Å². The largest absolute Gasteiger partial charge is 0.366 e. The number of hydrogen-bond acceptors (Lipinski definition) is 2. The molecule has 1 aliphatic carbocycles. The van der Waals surface area contributed by atoms with Crippen molar-refractivity contribution >= 4 is 11.8 Å². The highest BCUT2D eigenvalue weighted by Crippen LogP contribution is 2.22. The molecule has 1 atom stereocenters. The van der Waals surface area contributed by atoms with Crippen LogP contribution in [0.3, 0.4) is 0 Å². The van der Waals surface area contributed by atoms with Gasteiger partial charge in [-0.15, -0.1) is 0 Å². The second-order valence-corrected chi connectivity index (χ2v) is 4.09. The van der Waals surface area contributed by atoms with Gasteiger partial charge in [0.05, 0.1) is 0 Å². The monoisotopic (exact) mass is 220 g/mol. The molecule has 0 aromatic rings. The summed E-state index contributed by atoms with van der Waals surface area (Å²) in [5, 5.41) is 2.75. The average molecular weight is 220 g/mol. The van der Waals surface area contributed by atoms with Crippen LogP contribution in [0.2, 0.25) is 0 Å². The van der Waals surface area contributed by atoms with E-state index in [1.807, 2.05) is 19.1 Å². The van der Waals surface area contributed by atoms with Crippen molar-refractivity contribution in [2.24, 2.45) is 11.1 Å². The van der Waals surface area contributed by atoms with E-state index in [-0.39, 0.29) is 11.3 Å². The molecule has 0 fully saturated rings. The number of rotatable bonds is 3. The summed E-state index contributed by atoms with van der Waals surface area (Å²) in [5.74, 6) is -0.528. The van der Waals surface area contributed by atoms with Crippen LogP contribution in [-0.2, 0) is 9.59 Å². The zero-order valence-electron chi connectivity index (χ0n) is 9.49. The predicted octanol–water partition coefficient (Wildman–Crippen LogP) is 0.666. The van der Waals surface area contributed by atoms with Crippen molar-refractivity contribution in [3.05, 3.63) is 36.0 Å². The Kier molecular flexibility index (Phi) is 3.66. The lowest BCUT2D eigenvalue weighted by Gasteiger charge is -2.21. The highest BCUT2D eigenvalue weighted by molar-refractivity contribution is 5.95. The van der Waals surface area contributed by atoms with Gasteiger partial charge in [-0.05, 0) is 6.08 Å². The first-order valence-corrected chi connectivity index (χ1v) is 5.06. The number of carbonyl (C=O) groups is 2. The van der Waals surface area contributed by atoms with Gasteiger partial charge in [0.2, 0.25) is 11.8 Å². The Hall–Kier alpha value is -1.84. The Balaban J connectivity index is 2.77. The minimum Gasteiger partial charge on any atom is -0.366 e. The van der Waals surface area contributed by atoms with Gasteiger partial charge in [0.15, 0.2) is 0 Å². The van der Waals surface area contributed by atoms with Crippen molar-refractivity contribution in [3.8, 4) is 0 Å². The molecule has 4 heteroatoms. The molecule has 0 spiro atoms. The minimum absolute atomic E-state index is 0.0737. The van der Waals surface area contributed by atoms with Crippen LogP contribution in [0.15, 0.2) is 36.0 Å². The normalized spacial score (nSPS) is 23.5. The molecule has 3 N–H and O–H groups in total. The second-order valence-electron chi connectivity index (χ2n) is 4.09. The Morgan fingerprint density at radius 3 is 2.69 bits per heavy atom. The van der Waals surface area contributed by atoms with Gasteiger partial charge in [-0.3, -0.25) is 9.59 Å². The van der Waals surface area contributed by atoms with Gasteiger partial charge in [-0.2, -0.15) is 0 Å². The van der Waals surface area contributed by atoms with Gasteiger partial charge in [0.1, 0.15) is 0 Å². The molecule has 0 aliphatic heterocycles. The third-order valence-corrected chi connectivity index (χ3v) is 2.40. The third-order valence-electron chi connectivity index (χ3n) is 2.40. The maximum Gasteiger partial charge on any atom is 0.248 e. The topological polar surface area (TPSA) is 72.2 Å². The summed E-state index contributed by atoms with van der Waals surface area (Å²) in [6.45, 7) is 3.93. The van der Waals surface area contributed by atoms with E-state index in [0.29, 0.717) is 12.1 Å². The van der Waals surface area contributed by atoms with E-state index < -0.39 is 5.91 Å². The van der Waals surface area contributed by atoms with E-state index >= 15 is 0 Å². The molecule has 0 saturated carbocycles. The van der Waals surface area contributed by atoms with E-state index in [9.17, 15) is 9.59 Å². The zero-order chi connectivity index (χ0) is 12.2. The van der Waals surface area contributed by atoms with Gasteiger partial charge >= 0.3 is 0 Å². The lowest BCUT2D eigenvalue weighted by atomic mass is 9.90. The first-order chi connectivity index (χ1) is 7.43. The summed E-state index contributed by atoms with van der Waals surface area (Å²) in [6, 6.07) is 0. The van der Waals surface area contributed by atoms with Gasteiger partial charge in [0, 0.05) is 24.5 Å². The smallest absolute Gasteiger partial charge is 0.248 e. The van der Waals surface area contributed by atoms with Crippen molar-refractivity contribution in [1.29, 1.82) is 0 Å². The lowest BCUT2D eigenvalue weighted by molar-refractivity contribution is -0.119. The maximum absolute atomic E-state index is 11.0. The van der Waals surface area contributed by atoms with Crippen LogP contribution < -0.4 is 11.1 Å². The number of nitrogens with two attached hydrogens (primary N) is 1. The van der Waals surface area contributed by atoms with Gasteiger partial charge in [0.25, 0.3) is 0 Å². The number of carbonyl (C=O) groups excluding carboxylic acids is 2. The predicted molar refractivity (Wildman–Crippen MR) is 62.3 cm³/mol. The number of nitrogens with one attached hydrogen (secondary N) is 1. The first kappa shape index (κ1) is 12.2. The highest BCUT2D eigenvalue weighted by Gasteiger charge is 2.19.